The lowest BCUT2D eigenvalue weighted by molar-refractivity contribution is 0.174. The first-order valence-electron chi connectivity index (χ1n) is 8.40. The molecule has 0 saturated heterocycles. The summed E-state index contributed by atoms with van der Waals surface area (Å²) in [5.41, 5.74) is 1.03. The normalized spacial score (nSPS) is 16.8. The highest BCUT2D eigenvalue weighted by atomic mass is 16.5. The second kappa shape index (κ2) is 7.62. The SMILES string of the molecule is CCNc1nc(C(C)C)nc(OC2CCCCCC2)c1C. The molecule has 1 heterocycles. The van der Waals surface area contributed by atoms with Gasteiger partial charge in [-0.15, -0.1) is 0 Å². The highest BCUT2D eigenvalue weighted by Gasteiger charge is 2.19. The molecular formula is C17H29N3O. The zero-order valence-electron chi connectivity index (χ0n) is 13.9. The molecule has 0 aliphatic heterocycles. The molecule has 118 valence electrons. The Bertz CT molecular complexity index is 452. The van der Waals surface area contributed by atoms with E-state index in [9.17, 15) is 0 Å². The Morgan fingerprint density at radius 2 is 1.81 bits per heavy atom. The Balaban J connectivity index is 2.23. The number of nitrogens with zero attached hydrogens (tertiary/aromatic N) is 2. The Labute approximate surface area is 128 Å². The summed E-state index contributed by atoms with van der Waals surface area (Å²) in [5.74, 6) is 2.86. The number of ether oxygens (including phenoxy) is 1. The summed E-state index contributed by atoms with van der Waals surface area (Å²) in [6.07, 6.45) is 7.83. The largest absolute Gasteiger partial charge is 0.474 e. The first-order chi connectivity index (χ1) is 10.1. The molecule has 1 N–H and O–H groups in total. The van der Waals surface area contributed by atoms with Gasteiger partial charge < -0.3 is 10.1 Å². The Morgan fingerprint density at radius 1 is 1.14 bits per heavy atom. The van der Waals surface area contributed by atoms with Crippen molar-refractivity contribution >= 4 is 5.82 Å². The lowest BCUT2D eigenvalue weighted by Gasteiger charge is -2.20. The van der Waals surface area contributed by atoms with Gasteiger partial charge in [-0.3, -0.25) is 0 Å². The molecule has 1 aromatic heterocycles. The molecule has 0 unspecified atom stereocenters. The van der Waals surface area contributed by atoms with Crippen molar-refractivity contribution in [2.24, 2.45) is 0 Å². The molecule has 1 saturated carbocycles. The monoisotopic (exact) mass is 291 g/mol. The highest BCUT2D eigenvalue weighted by Crippen LogP contribution is 2.28. The van der Waals surface area contributed by atoms with Crippen LogP contribution >= 0.6 is 0 Å². The molecule has 1 aliphatic carbocycles. The van der Waals surface area contributed by atoms with Gasteiger partial charge in [-0.25, -0.2) is 4.98 Å². The number of anilines is 1. The second-order valence-electron chi connectivity index (χ2n) is 6.28. The van der Waals surface area contributed by atoms with Crippen LogP contribution in [0.15, 0.2) is 0 Å². The summed E-state index contributed by atoms with van der Waals surface area (Å²) in [7, 11) is 0. The fourth-order valence-electron chi connectivity index (χ4n) is 2.74. The van der Waals surface area contributed by atoms with Gasteiger partial charge in [-0.1, -0.05) is 26.7 Å². The topological polar surface area (TPSA) is 47.0 Å². The minimum atomic E-state index is 0.305. The maximum atomic E-state index is 6.25. The van der Waals surface area contributed by atoms with E-state index in [4.69, 9.17) is 4.74 Å². The first-order valence-corrected chi connectivity index (χ1v) is 8.40. The minimum Gasteiger partial charge on any atom is -0.474 e. The van der Waals surface area contributed by atoms with E-state index < -0.39 is 0 Å². The summed E-state index contributed by atoms with van der Waals surface area (Å²) in [5, 5.41) is 3.33. The maximum absolute atomic E-state index is 6.25. The molecule has 0 bridgehead atoms. The van der Waals surface area contributed by atoms with Crippen molar-refractivity contribution in [1.29, 1.82) is 0 Å². The molecular weight excluding hydrogens is 262 g/mol. The van der Waals surface area contributed by atoms with Crippen LogP contribution in [0.2, 0.25) is 0 Å². The molecule has 2 rings (SSSR count). The van der Waals surface area contributed by atoms with E-state index in [1.807, 2.05) is 6.92 Å². The zero-order chi connectivity index (χ0) is 15.2. The molecule has 1 aliphatic rings. The summed E-state index contributed by atoms with van der Waals surface area (Å²) in [4.78, 5) is 9.30. The van der Waals surface area contributed by atoms with Crippen LogP contribution in [0.5, 0.6) is 5.88 Å². The van der Waals surface area contributed by atoms with Crippen molar-refractivity contribution < 1.29 is 4.74 Å². The van der Waals surface area contributed by atoms with Crippen LogP contribution in [0.1, 0.15) is 76.6 Å². The van der Waals surface area contributed by atoms with E-state index in [-0.39, 0.29) is 0 Å². The van der Waals surface area contributed by atoms with Crippen molar-refractivity contribution in [2.75, 3.05) is 11.9 Å². The number of aromatic nitrogens is 2. The fourth-order valence-corrected chi connectivity index (χ4v) is 2.74. The fraction of sp³-hybridized carbons (Fsp3) is 0.765. The third kappa shape index (κ3) is 4.32. The smallest absolute Gasteiger partial charge is 0.222 e. The molecule has 0 amide bonds. The van der Waals surface area contributed by atoms with E-state index in [0.717, 1.165) is 42.5 Å². The standard InChI is InChI=1S/C17H29N3O/c1-5-18-16-13(4)17(20-15(19-16)12(2)3)21-14-10-8-6-7-9-11-14/h12,14H,5-11H2,1-4H3,(H,18,19,20). The van der Waals surface area contributed by atoms with Gasteiger partial charge in [0.15, 0.2) is 0 Å². The van der Waals surface area contributed by atoms with Crippen LogP contribution in [-0.4, -0.2) is 22.6 Å². The van der Waals surface area contributed by atoms with Gasteiger partial charge in [0, 0.05) is 12.5 Å². The zero-order valence-corrected chi connectivity index (χ0v) is 13.9. The molecule has 0 aromatic carbocycles. The molecule has 0 radical (unpaired) electrons. The van der Waals surface area contributed by atoms with Gasteiger partial charge in [0.25, 0.3) is 0 Å². The summed E-state index contributed by atoms with van der Waals surface area (Å²) in [6.45, 7) is 9.24. The first kappa shape index (κ1) is 16.1. The molecule has 1 aromatic rings. The maximum Gasteiger partial charge on any atom is 0.222 e. The van der Waals surface area contributed by atoms with E-state index in [1.165, 1.54) is 25.7 Å². The van der Waals surface area contributed by atoms with E-state index in [1.54, 1.807) is 0 Å². The van der Waals surface area contributed by atoms with E-state index in [2.05, 4.69) is 36.1 Å². The van der Waals surface area contributed by atoms with Crippen LogP contribution in [0, 0.1) is 6.92 Å². The molecule has 0 atom stereocenters. The number of nitrogens with one attached hydrogen (secondary N) is 1. The molecule has 4 nitrogen and oxygen atoms in total. The molecule has 1 fully saturated rings. The van der Waals surface area contributed by atoms with Crippen molar-refractivity contribution in [1.82, 2.24) is 9.97 Å². The van der Waals surface area contributed by atoms with Gasteiger partial charge in [0.1, 0.15) is 17.7 Å². The Kier molecular flexibility index (Phi) is 5.83. The molecule has 0 spiro atoms. The van der Waals surface area contributed by atoms with Gasteiger partial charge in [0.2, 0.25) is 5.88 Å². The molecule has 4 heteroatoms. The van der Waals surface area contributed by atoms with Crippen molar-refractivity contribution in [3.05, 3.63) is 11.4 Å². The number of hydrogen-bond donors (Lipinski definition) is 1. The van der Waals surface area contributed by atoms with Gasteiger partial charge in [-0.2, -0.15) is 4.98 Å². The van der Waals surface area contributed by atoms with E-state index in [0.29, 0.717) is 12.0 Å². The number of rotatable bonds is 5. The summed E-state index contributed by atoms with van der Waals surface area (Å²) < 4.78 is 6.25. The van der Waals surface area contributed by atoms with Crippen molar-refractivity contribution in [2.45, 2.75) is 78.2 Å². The van der Waals surface area contributed by atoms with Gasteiger partial charge >= 0.3 is 0 Å². The predicted molar refractivity (Wildman–Crippen MR) is 87.1 cm³/mol. The average molecular weight is 291 g/mol. The highest BCUT2D eigenvalue weighted by molar-refractivity contribution is 5.48. The molecule has 21 heavy (non-hydrogen) atoms. The van der Waals surface area contributed by atoms with Crippen LogP contribution < -0.4 is 10.1 Å². The van der Waals surface area contributed by atoms with Crippen molar-refractivity contribution in [3.63, 3.8) is 0 Å². The predicted octanol–water partition coefficient (Wildman–Crippen LogP) is 4.44. The Hall–Kier alpha value is -1.32. The third-order valence-corrected chi connectivity index (χ3v) is 4.06. The minimum absolute atomic E-state index is 0.305. The van der Waals surface area contributed by atoms with Crippen LogP contribution in [-0.2, 0) is 0 Å². The van der Waals surface area contributed by atoms with Gasteiger partial charge in [0.05, 0.1) is 5.56 Å². The lowest BCUT2D eigenvalue weighted by Crippen LogP contribution is -2.18. The number of hydrogen-bond acceptors (Lipinski definition) is 4. The third-order valence-electron chi connectivity index (χ3n) is 4.06. The Morgan fingerprint density at radius 3 is 2.38 bits per heavy atom. The van der Waals surface area contributed by atoms with E-state index >= 15 is 0 Å². The van der Waals surface area contributed by atoms with Crippen LogP contribution in [0.4, 0.5) is 5.82 Å². The van der Waals surface area contributed by atoms with Crippen LogP contribution in [0.3, 0.4) is 0 Å². The van der Waals surface area contributed by atoms with Gasteiger partial charge in [-0.05, 0) is 39.5 Å². The average Bonchev–Trinajstić information content (AvgIpc) is 2.71. The summed E-state index contributed by atoms with van der Waals surface area (Å²) in [6, 6.07) is 0. The van der Waals surface area contributed by atoms with Crippen molar-refractivity contribution in [3.8, 4) is 5.88 Å². The summed E-state index contributed by atoms with van der Waals surface area (Å²) >= 11 is 0. The second-order valence-corrected chi connectivity index (χ2v) is 6.28. The quantitative estimate of drug-likeness (QED) is 0.815. The lowest BCUT2D eigenvalue weighted by atomic mass is 10.1. The van der Waals surface area contributed by atoms with Crippen LogP contribution in [0.25, 0.3) is 0 Å².